The van der Waals surface area contributed by atoms with Crippen LogP contribution in [-0.2, 0) is 6.54 Å². The molecule has 0 saturated carbocycles. The molecule has 1 aliphatic rings. The highest BCUT2D eigenvalue weighted by atomic mass is 16.5. The van der Waals surface area contributed by atoms with Gasteiger partial charge in [0, 0.05) is 31.1 Å². The number of para-hydroxylation sites is 1. The molecule has 0 bridgehead atoms. The Hall–Kier alpha value is -3.95. The van der Waals surface area contributed by atoms with Crippen LogP contribution in [0, 0.1) is 5.92 Å². The lowest BCUT2D eigenvalue weighted by atomic mass is 9.96. The Labute approximate surface area is 183 Å². The summed E-state index contributed by atoms with van der Waals surface area (Å²) in [5.74, 6) is 1.55. The highest BCUT2D eigenvalue weighted by Gasteiger charge is 2.27. The van der Waals surface area contributed by atoms with Crippen molar-refractivity contribution < 1.29 is 13.9 Å². The monoisotopic (exact) mass is 434 g/mol. The molecule has 0 atom stereocenters. The lowest BCUT2D eigenvalue weighted by Gasteiger charge is -2.31. The van der Waals surface area contributed by atoms with Crippen LogP contribution in [0.4, 0.5) is 0 Å². The Morgan fingerprint density at radius 3 is 2.81 bits per heavy atom. The molecular weight excluding hydrogens is 412 g/mol. The first-order chi connectivity index (χ1) is 15.6. The van der Waals surface area contributed by atoms with Crippen molar-refractivity contribution in [2.24, 2.45) is 5.92 Å². The number of furan rings is 1. The van der Waals surface area contributed by atoms with Gasteiger partial charge in [-0.05, 0) is 37.0 Å². The maximum atomic E-state index is 13.0. The van der Waals surface area contributed by atoms with Gasteiger partial charge in [-0.1, -0.05) is 12.1 Å². The second-order valence-corrected chi connectivity index (χ2v) is 7.78. The molecule has 1 fully saturated rings. The van der Waals surface area contributed by atoms with Crippen LogP contribution < -0.4 is 10.3 Å². The van der Waals surface area contributed by atoms with Gasteiger partial charge in [0.05, 0.1) is 7.11 Å². The first-order valence-electron chi connectivity index (χ1n) is 10.4. The van der Waals surface area contributed by atoms with Gasteiger partial charge in [-0.15, -0.1) is 5.10 Å². The van der Waals surface area contributed by atoms with Crippen LogP contribution in [0.5, 0.6) is 5.75 Å². The number of fused-ring (bicyclic) bond motifs is 1. The normalized spacial score (nSPS) is 14.7. The number of rotatable bonds is 5. The van der Waals surface area contributed by atoms with Gasteiger partial charge in [0.1, 0.15) is 12.7 Å². The maximum Gasteiger partial charge on any atom is 0.289 e. The Morgan fingerprint density at radius 2 is 2.06 bits per heavy atom. The van der Waals surface area contributed by atoms with Crippen LogP contribution in [0.15, 0.2) is 58.3 Å². The van der Waals surface area contributed by atoms with Gasteiger partial charge in [-0.2, -0.15) is 5.10 Å². The van der Waals surface area contributed by atoms with E-state index in [0.717, 1.165) is 18.2 Å². The van der Waals surface area contributed by atoms with Crippen molar-refractivity contribution in [3.63, 3.8) is 0 Å². The van der Waals surface area contributed by atoms with E-state index in [-0.39, 0.29) is 17.4 Å². The number of nitrogens with zero attached hydrogens (tertiary/aromatic N) is 6. The number of methoxy groups -OCH3 is 1. The van der Waals surface area contributed by atoms with Gasteiger partial charge in [-0.3, -0.25) is 9.59 Å². The molecule has 1 saturated heterocycles. The zero-order valence-corrected chi connectivity index (χ0v) is 17.5. The molecule has 0 aliphatic carbocycles. The third kappa shape index (κ3) is 3.75. The van der Waals surface area contributed by atoms with Gasteiger partial charge >= 0.3 is 0 Å². The van der Waals surface area contributed by atoms with E-state index in [0.29, 0.717) is 42.5 Å². The second-order valence-electron chi connectivity index (χ2n) is 7.78. The topological polar surface area (TPSA) is 108 Å². The van der Waals surface area contributed by atoms with Gasteiger partial charge in [0.15, 0.2) is 22.9 Å². The fourth-order valence-corrected chi connectivity index (χ4v) is 4.04. The fraction of sp³-hybridized carbons (Fsp3) is 0.318. The minimum absolute atomic E-state index is 0.134. The third-order valence-electron chi connectivity index (χ3n) is 5.78. The number of amides is 1. The standard InChI is InChI=1S/C22H22N6O4/c1-31-17-4-2-3-16-11-18(32-21(16)17)22(30)26-9-7-15(8-10-26)12-27-20(29)6-5-19(25-27)28-14-23-13-24-28/h2-6,11,13-15H,7-10,12H2,1H3. The minimum Gasteiger partial charge on any atom is -0.493 e. The van der Waals surface area contributed by atoms with Crippen LogP contribution in [0.2, 0.25) is 0 Å². The summed E-state index contributed by atoms with van der Waals surface area (Å²) < 4.78 is 14.1. The Balaban J connectivity index is 1.25. The molecule has 1 amide bonds. The molecule has 4 heterocycles. The number of hydrogen-bond donors (Lipinski definition) is 0. The average molecular weight is 434 g/mol. The lowest BCUT2D eigenvalue weighted by Crippen LogP contribution is -2.40. The summed E-state index contributed by atoms with van der Waals surface area (Å²) >= 11 is 0. The highest BCUT2D eigenvalue weighted by molar-refractivity contribution is 5.97. The highest BCUT2D eigenvalue weighted by Crippen LogP contribution is 2.29. The predicted octanol–water partition coefficient (Wildman–Crippen LogP) is 2.13. The molecule has 1 aromatic carbocycles. The minimum atomic E-state index is -0.163. The number of benzene rings is 1. The molecule has 0 unspecified atom stereocenters. The lowest BCUT2D eigenvalue weighted by molar-refractivity contribution is 0.0651. The Bertz CT molecular complexity index is 1300. The van der Waals surface area contributed by atoms with E-state index in [1.54, 1.807) is 30.2 Å². The number of piperidine rings is 1. The SMILES string of the molecule is COc1cccc2cc(C(=O)N3CCC(Cn4nc(-n5cncn5)ccc4=O)CC3)oc12. The number of likely N-dealkylation sites (tertiary alicyclic amines) is 1. The largest absolute Gasteiger partial charge is 0.493 e. The van der Waals surface area contributed by atoms with E-state index < -0.39 is 0 Å². The predicted molar refractivity (Wildman–Crippen MR) is 115 cm³/mol. The molecule has 4 aromatic rings. The molecule has 0 N–H and O–H groups in total. The van der Waals surface area contributed by atoms with E-state index in [1.807, 2.05) is 12.1 Å². The molecule has 32 heavy (non-hydrogen) atoms. The smallest absolute Gasteiger partial charge is 0.289 e. The number of hydrogen-bond acceptors (Lipinski definition) is 7. The van der Waals surface area contributed by atoms with Crippen molar-refractivity contribution in [3.8, 4) is 11.6 Å². The van der Waals surface area contributed by atoms with Gasteiger partial charge < -0.3 is 14.1 Å². The first kappa shape index (κ1) is 20.0. The molecule has 10 heteroatoms. The van der Waals surface area contributed by atoms with E-state index in [1.165, 1.54) is 28.1 Å². The number of aromatic nitrogens is 5. The van der Waals surface area contributed by atoms with Crippen molar-refractivity contribution in [2.75, 3.05) is 20.2 Å². The summed E-state index contributed by atoms with van der Waals surface area (Å²) in [5.41, 5.74) is 0.412. The van der Waals surface area contributed by atoms with Crippen LogP contribution in [-0.4, -0.2) is 55.6 Å². The average Bonchev–Trinajstić information content (AvgIpc) is 3.50. The Morgan fingerprint density at radius 1 is 1.22 bits per heavy atom. The van der Waals surface area contributed by atoms with Gasteiger partial charge in [-0.25, -0.2) is 14.3 Å². The van der Waals surface area contributed by atoms with Crippen molar-refractivity contribution in [1.82, 2.24) is 29.4 Å². The fourth-order valence-electron chi connectivity index (χ4n) is 4.04. The third-order valence-corrected chi connectivity index (χ3v) is 5.78. The number of ether oxygens (including phenoxy) is 1. The number of carbonyl (C=O) groups excluding carboxylic acids is 1. The summed E-state index contributed by atoms with van der Waals surface area (Å²) in [7, 11) is 1.57. The quantitative estimate of drug-likeness (QED) is 0.473. The summed E-state index contributed by atoms with van der Waals surface area (Å²) in [6, 6.07) is 10.4. The summed E-state index contributed by atoms with van der Waals surface area (Å²) in [5, 5.41) is 9.30. The Kier molecular flexibility index (Phi) is 5.18. The molecule has 5 rings (SSSR count). The summed E-state index contributed by atoms with van der Waals surface area (Å²) in [6.07, 6.45) is 4.50. The van der Waals surface area contributed by atoms with Gasteiger partial charge in [0.2, 0.25) is 0 Å². The molecule has 10 nitrogen and oxygen atoms in total. The van der Waals surface area contributed by atoms with Crippen LogP contribution in [0.1, 0.15) is 23.4 Å². The maximum absolute atomic E-state index is 13.0. The van der Waals surface area contributed by atoms with Crippen LogP contribution >= 0.6 is 0 Å². The summed E-state index contributed by atoms with van der Waals surface area (Å²) in [6.45, 7) is 1.68. The van der Waals surface area contributed by atoms with Gasteiger partial charge in [0.25, 0.3) is 11.5 Å². The molecule has 1 aliphatic heterocycles. The first-order valence-corrected chi connectivity index (χ1v) is 10.4. The molecule has 3 aromatic heterocycles. The molecular formula is C22H22N6O4. The van der Waals surface area contributed by atoms with E-state index in [9.17, 15) is 9.59 Å². The number of carbonyl (C=O) groups is 1. The van der Waals surface area contributed by atoms with Crippen molar-refractivity contribution in [1.29, 1.82) is 0 Å². The van der Waals surface area contributed by atoms with Crippen molar-refractivity contribution in [3.05, 3.63) is 65.2 Å². The molecule has 164 valence electrons. The molecule has 0 spiro atoms. The van der Waals surface area contributed by atoms with E-state index in [2.05, 4.69) is 15.2 Å². The zero-order chi connectivity index (χ0) is 22.1. The second kappa shape index (κ2) is 8.29. The van der Waals surface area contributed by atoms with Crippen LogP contribution in [0.25, 0.3) is 16.8 Å². The van der Waals surface area contributed by atoms with Crippen LogP contribution in [0.3, 0.4) is 0 Å². The van der Waals surface area contributed by atoms with Crippen molar-refractivity contribution in [2.45, 2.75) is 19.4 Å². The van der Waals surface area contributed by atoms with Crippen molar-refractivity contribution >= 4 is 16.9 Å². The zero-order valence-electron chi connectivity index (χ0n) is 17.5. The van der Waals surface area contributed by atoms with E-state index in [4.69, 9.17) is 9.15 Å². The van der Waals surface area contributed by atoms with E-state index >= 15 is 0 Å². The molecule has 0 radical (unpaired) electrons. The summed E-state index contributed by atoms with van der Waals surface area (Å²) in [4.78, 5) is 31.0.